The van der Waals surface area contributed by atoms with E-state index in [0.29, 0.717) is 0 Å². The van der Waals surface area contributed by atoms with Crippen LogP contribution in [0.4, 0.5) is 0 Å². The van der Waals surface area contributed by atoms with Gasteiger partial charge in [0.25, 0.3) is 0 Å². The second kappa shape index (κ2) is 15.6. The number of fused-ring (bicyclic) bond motifs is 4. The minimum Gasteiger partial charge on any atom is -0.497 e. The van der Waals surface area contributed by atoms with Gasteiger partial charge in [0.1, 0.15) is 23.0 Å². The SMILES string of the molecule is COc1ccc(C2=CC3=CC4=NC(=CC5=NC(=CC6=NC(=C(c7ccc(OC)cc7)C2=N3)C(c2ccc(OC)cc2)=C6c2ccc(OC)cc2)C=C5)C=C4)cc1.Cl. The number of hydrogen-bond donors (Lipinski definition) is 0. The Morgan fingerprint density at radius 1 is 0.368 bits per heavy atom. The van der Waals surface area contributed by atoms with E-state index in [0.717, 1.165) is 113 Å². The van der Waals surface area contributed by atoms with Gasteiger partial charge < -0.3 is 18.9 Å². The van der Waals surface area contributed by atoms with Gasteiger partial charge >= 0.3 is 0 Å². The van der Waals surface area contributed by atoms with Crippen LogP contribution in [0.25, 0.3) is 22.3 Å². The summed E-state index contributed by atoms with van der Waals surface area (Å²) >= 11 is 0. The van der Waals surface area contributed by atoms with Gasteiger partial charge in [-0.05, 0) is 119 Å². The van der Waals surface area contributed by atoms with Crippen molar-refractivity contribution in [3.05, 3.63) is 191 Å². The molecule has 0 fully saturated rings. The van der Waals surface area contributed by atoms with E-state index in [4.69, 9.17) is 38.9 Å². The lowest BCUT2D eigenvalue weighted by Gasteiger charge is -2.18. The van der Waals surface area contributed by atoms with Crippen molar-refractivity contribution in [1.82, 2.24) is 0 Å². The molecular weight excluding hydrogens is 732 g/mol. The van der Waals surface area contributed by atoms with Gasteiger partial charge in [0.2, 0.25) is 0 Å². The molecule has 0 spiro atoms. The largest absolute Gasteiger partial charge is 0.497 e. The number of allylic oxidation sites excluding steroid dienone is 12. The molecular formula is C48H37ClN4O4. The number of methoxy groups -OCH3 is 4. The maximum Gasteiger partial charge on any atom is 0.118 e. The molecule has 57 heavy (non-hydrogen) atoms. The highest BCUT2D eigenvalue weighted by molar-refractivity contribution is 6.50. The van der Waals surface area contributed by atoms with Gasteiger partial charge in [-0.1, -0.05) is 48.5 Å². The number of halogens is 1. The van der Waals surface area contributed by atoms with Crippen LogP contribution >= 0.6 is 12.4 Å². The van der Waals surface area contributed by atoms with Crippen molar-refractivity contribution in [1.29, 1.82) is 0 Å². The third-order valence-electron chi connectivity index (χ3n) is 10.0. The van der Waals surface area contributed by atoms with Crippen LogP contribution in [0.15, 0.2) is 188 Å². The Bertz CT molecular complexity index is 2670. The van der Waals surface area contributed by atoms with Crippen LogP contribution in [0.3, 0.4) is 0 Å². The molecule has 0 saturated carbocycles. The summed E-state index contributed by atoms with van der Waals surface area (Å²) in [6, 6.07) is 32.4. The highest BCUT2D eigenvalue weighted by atomic mass is 35.5. The normalized spacial score (nSPS) is 16.5. The fourth-order valence-corrected chi connectivity index (χ4v) is 7.24. The monoisotopic (exact) mass is 768 g/mol. The Kier molecular flexibility index (Phi) is 10.1. The average molecular weight is 769 g/mol. The third-order valence-corrected chi connectivity index (χ3v) is 10.0. The van der Waals surface area contributed by atoms with Crippen LogP contribution in [0, 0.1) is 0 Å². The quantitative estimate of drug-likeness (QED) is 0.179. The molecule has 0 aliphatic carbocycles. The van der Waals surface area contributed by atoms with Crippen molar-refractivity contribution in [2.75, 3.05) is 28.4 Å². The summed E-state index contributed by atoms with van der Waals surface area (Å²) < 4.78 is 22.4. The Morgan fingerprint density at radius 2 is 0.789 bits per heavy atom. The zero-order valence-electron chi connectivity index (χ0n) is 31.7. The molecule has 8 bridgehead atoms. The van der Waals surface area contributed by atoms with Crippen LogP contribution in [-0.2, 0) is 0 Å². The van der Waals surface area contributed by atoms with E-state index in [1.165, 1.54) is 0 Å². The lowest BCUT2D eigenvalue weighted by atomic mass is 9.86. The van der Waals surface area contributed by atoms with Crippen molar-refractivity contribution < 1.29 is 18.9 Å². The average Bonchev–Trinajstić information content (AvgIpc) is 4.06. The number of hydrogen-bond acceptors (Lipinski definition) is 8. The minimum atomic E-state index is 0. The van der Waals surface area contributed by atoms with E-state index >= 15 is 0 Å². The Hall–Kier alpha value is -7.03. The van der Waals surface area contributed by atoms with E-state index in [-0.39, 0.29) is 12.4 Å². The molecule has 0 amide bonds. The summed E-state index contributed by atoms with van der Waals surface area (Å²) in [6.07, 6.45) is 16.2. The molecule has 0 radical (unpaired) electrons. The highest BCUT2D eigenvalue weighted by Crippen LogP contribution is 2.47. The Morgan fingerprint density at radius 3 is 1.28 bits per heavy atom. The second-order valence-corrected chi connectivity index (χ2v) is 13.4. The van der Waals surface area contributed by atoms with Crippen LogP contribution < -0.4 is 18.9 Å². The molecule has 5 aliphatic heterocycles. The van der Waals surface area contributed by atoms with E-state index < -0.39 is 0 Å². The second-order valence-electron chi connectivity index (χ2n) is 13.4. The molecule has 9 heteroatoms. The van der Waals surface area contributed by atoms with Gasteiger partial charge in [-0.2, -0.15) is 0 Å². The van der Waals surface area contributed by atoms with Crippen molar-refractivity contribution in [3.8, 4) is 23.0 Å². The Balaban J connectivity index is 0.00000455. The summed E-state index contributed by atoms with van der Waals surface area (Å²) in [5, 5.41) is 0. The predicted octanol–water partition coefficient (Wildman–Crippen LogP) is 10.1. The molecule has 0 atom stereocenters. The van der Waals surface area contributed by atoms with Crippen molar-refractivity contribution in [2.45, 2.75) is 0 Å². The number of rotatable bonds is 8. The first-order valence-corrected chi connectivity index (χ1v) is 18.2. The lowest BCUT2D eigenvalue weighted by molar-refractivity contribution is 0.414. The topological polar surface area (TPSA) is 86.4 Å². The van der Waals surface area contributed by atoms with Crippen LogP contribution in [0.5, 0.6) is 23.0 Å². The van der Waals surface area contributed by atoms with Gasteiger partial charge in [0.05, 0.1) is 74.1 Å². The molecule has 4 aromatic rings. The van der Waals surface area contributed by atoms with Gasteiger partial charge in [0.15, 0.2) is 0 Å². The molecule has 4 aromatic carbocycles. The summed E-state index contributed by atoms with van der Waals surface area (Å²) in [5.41, 5.74) is 13.8. The minimum absolute atomic E-state index is 0. The molecule has 0 aromatic heterocycles. The maximum atomic E-state index is 5.62. The van der Waals surface area contributed by atoms with Crippen molar-refractivity contribution in [2.24, 2.45) is 20.0 Å². The zero-order chi connectivity index (χ0) is 38.2. The molecule has 5 heterocycles. The van der Waals surface area contributed by atoms with Gasteiger partial charge in [-0.15, -0.1) is 12.4 Å². The molecule has 9 rings (SSSR count). The summed E-state index contributed by atoms with van der Waals surface area (Å²) in [6.45, 7) is 0. The van der Waals surface area contributed by atoms with Crippen LogP contribution in [0.1, 0.15) is 22.3 Å². The first-order chi connectivity index (χ1) is 27.5. The molecule has 0 N–H and O–H groups in total. The maximum absolute atomic E-state index is 5.62. The third kappa shape index (κ3) is 7.14. The van der Waals surface area contributed by atoms with E-state index in [2.05, 4.69) is 60.7 Å². The highest BCUT2D eigenvalue weighted by Gasteiger charge is 2.33. The lowest BCUT2D eigenvalue weighted by Crippen LogP contribution is -2.07. The van der Waals surface area contributed by atoms with Gasteiger partial charge in [-0.25, -0.2) is 20.0 Å². The fraction of sp³-hybridized carbons (Fsp3) is 0.0833. The molecule has 5 aliphatic rings. The van der Waals surface area contributed by atoms with Gasteiger partial charge in [-0.3, -0.25) is 0 Å². The fourth-order valence-electron chi connectivity index (χ4n) is 7.24. The first-order valence-electron chi connectivity index (χ1n) is 18.2. The molecule has 0 saturated heterocycles. The Labute approximate surface area is 337 Å². The standard InChI is InChI=1S/C48H36N4O4.ClH/c1-53-38-17-5-29(6-18-38)42-27-37-26-35-14-13-33(49-35)25-34-15-16-36(50-34)28-43-44(30-7-19-39(54-2)20-8-30)45(31-9-21-40(55-3)22-10-31)48(52-43)46(47(42)51-37)32-11-23-41(56-4)24-12-32;/h5-28H,1-4H3;1H. The number of ether oxygens (including phenoxy) is 4. The summed E-state index contributed by atoms with van der Waals surface area (Å²) in [5.74, 6) is 3.03. The van der Waals surface area contributed by atoms with Crippen molar-refractivity contribution in [3.63, 3.8) is 0 Å². The predicted molar refractivity (Wildman–Crippen MR) is 233 cm³/mol. The molecule has 8 nitrogen and oxygen atoms in total. The van der Waals surface area contributed by atoms with Crippen LogP contribution in [-0.4, -0.2) is 51.3 Å². The number of benzene rings is 4. The van der Waals surface area contributed by atoms with Crippen molar-refractivity contribution >= 4 is 57.5 Å². The summed E-state index contributed by atoms with van der Waals surface area (Å²) in [4.78, 5) is 20.9. The smallest absolute Gasteiger partial charge is 0.118 e. The number of nitrogens with zero attached hydrogens (tertiary/aromatic N) is 4. The van der Waals surface area contributed by atoms with E-state index in [1.807, 2.05) is 85.0 Å². The van der Waals surface area contributed by atoms with Crippen LogP contribution in [0.2, 0.25) is 0 Å². The molecule has 0 unspecified atom stereocenters. The van der Waals surface area contributed by atoms with Gasteiger partial charge in [0, 0.05) is 22.3 Å². The number of aliphatic imine (C=N–C) groups is 4. The summed E-state index contributed by atoms with van der Waals surface area (Å²) in [7, 11) is 6.69. The first kappa shape index (κ1) is 36.9. The van der Waals surface area contributed by atoms with E-state index in [1.54, 1.807) is 28.4 Å². The molecule has 280 valence electrons. The van der Waals surface area contributed by atoms with E-state index in [9.17, 15) is 0 Å². The zero-order valence-corrected chi connectivity index (χ0v) is 32.5.